The second-order valence-corrected chi connectivity index (χ2v) is 17.9. The Morgan fingerprint density at radius 1 is 0.557 bits per heavy atom. The van der Waals surface area contributed by atoms with Crippen molar-refractivity contribution in [3.63, 3.8) is 0 Å². The Labute approximate surface area is 456 Å². The van der Waals surface area contributed by atoms with Crippen molar-refractivity contribution in [3.05, 3.63) is 168 Å². The van der Waals surface area contributed by atoms with Crippen molar-refractivity contribution < 1.29 is 66.0 Å². The molecular formula is C54H53ClF2N10O12. The van der Waals surface area contributed by atoms with Crippen LogP contribution in [0.5, 0.6) is 23.5 Å². The second kappa shape index (κ2) is 28.1. The number of halogens is 3. The van der Waals surface area contributed by atoms with Crippen LogP contribution in [0, 0.1) is 11.6 Å². The van der Waals surface area contributed by atoms with Crippen LogP contribution in [0.1, 0.15) is 32.1 Å². The number of nitrogens with zero attached hydrogens (tertiary/aromatic N) is 9. The third kappa shape index (κ3) is 16.9. The maximum atomic E-state index is 13.6. The Kier molecular flexibility index (Phi) is 20.1. The maximum Gasteiger partial charge on any atom is 0.410 e. The second-order valence-electron chi connectivity index (χ2n) is 17.6. The summed E-state index contributed by atoms with van der Waals surface area (Å²) in [5.74, 6) is -0.817. The molecule has 0 saturated carbocycles. The summed E-state index contributed by atoms with van der Waals surface area (Å²) in [6, 6.07) is 32.1. The van der Waals surface area contributed by atoms with E-state index in [0.717, 1.165) is 5.56 Å². The Bertz CT molecular complexity index is 3020. The lowest BCUT2D eigenvalue weighted by Gasteiger charge is -2.27. The predicted molar refractivity (Wildman–Crippen MR) is 275 cm³/mol. The quantitative estimate of drug-likeness (QED) is 0.141. The molecule has 10 rings (SSSR count). The van der Waals surface area contributed by atoms with Gasteiger partial charge in [0, 0.05) is 38.6 Å². The number of amides is 5. The summed E-state index contributed by atoms with van der Waals surface area (Å²) >= 11 is 5.29. The van der Waals surface area contributed by atoms with Crippen LogP contribution in [0.15, 0.2) is 134 Å². The van der Waals surface area contributed by atoms with Gasteiger partial charge in [0.05, 0.1) is 65.4 Å². The first-order chi connectivity index (χ1) is 38.3. The largest absolute Gasteiger partial charge is 0.443 e. The minimum atomic E-state index is -0.761. The first-order valence-corrected chi connectivity index (χ1v) is 25.2. The third-order valence-corrected chi connectivity index (χ3v) is 12.2. The molecule has 4 fully saturated rings. The van der Waals surface area contributed by atoms with Gasteiger partial charge in [0.1, 0.15) is 46.7 Å². The summed E-state index contributed by atoms with van der Waals surface area (Å²) in [5.41, 5.74) is 4.35. The van der Waals surface area contributed by atoms with E-state index < -0.39 is 35.1 Å². The lowest BCUT2D eigenvalue weighted by atomic mass is 10.1. The molecule has 1 N–H and O–H groups in total. The van der Waals surface area contributed by atoms with Crippen molar-refractivity contribution >= 4 is 46.8 Å². The third-order valence-electron chi connectivity index (χ3n) is 12.0. The van der Waals surface area contributed by atoms with E-state index in [0.29, 0.717) is 82.8 Å². The van der Waals surface area contributed by atoms with Gasteiger partial charge in [0.15, 0.2) is 0 Å². The molecule has 2 atom stereocenters. The monoisotopic (exact) mass is 1110 g/mol. The van der Waals surface area contributed by atoms with E-state index in [1.165, 1.54) is 80.9 Å². The van der Waals surface area contributed by atoms with Crippen LogP contribution in [0.2, 0.25) is 0 Å². The number of aromatic nitrogens is 4. The molecule has 5 amide bonds. The molecule has 25 heteroatoms. The number of hydrogen-bond donors (Lipinski definition) is 1. The van der Waals surface area contributed by atoms with E-state index in [2.05, 4.69) is 25.4 Å². The molecule has 6 heterocycles. The topological polar surface area (TPSA) is 238 Å². The van der Waals surface area contributed by atoms with E-state index >= 15 is 0 Å². The van der Waals surface area contributed by atoms with Crippen LogP contribution >= 0.6 is 11.6 Å². The average Bonchev–Trinajstić information content (AvgIpc) is 4.18. The molecular weight excluding hydrogens is 1050 g/mol. The van der Waals surface area contributed by atoms with Crippen molar-refractivity contribution in [3.8, 4) is 23.5 Å². The number of nitrogens with one attached hydrogen (secondary N) is 1. The predicted octanol–water partition coefficient (Wildman–Crippen LogP) is 5.89. The van der Waals surface area contributed by atoms with Gasteiger partial charge in [-0.3, -0.25) is 24.2 Å². The highest BCUT2D eigenvalue weighted by Gasteiger charge is 2.40. The van der Waals surface area contributed by atoms with Crippen LogP contribution < -0.4 is 14.9 Å². The minimum absolute atomic E-state index is 0.00401. The molecule has 412 valence electrons. The van der Waals surface area contributed by atoms with Crippen LogP contribution in [-0.2, 0) is 41.4 Å². The fourth-order valence-corrected chi connectivity index (χ4v) is 8.06. The SMILES string of the molecule is O=C(Cl)c1ccnc(Oc2ccccc2)n1.O=C(OC1CN(C(=O)Cc2ccc(F)cc2)N(C(=O)c2ccnc(Oc3ccccc3)n2)C1)N1CCOCC1.O=C(OC1CNN(C(=O)Cc2ccc(F)cc2)C1)N1CCOCC1. The summed E-state index contributed by atoms with van der Waals surface area (Å²) in [6.07, 6.45) is 0.830. The summed E-state index contributed by atoms with van der Waals surface area (Å²) in [7, 11) is 0. The van der Waals surface area contributed by atoms with Gasteiger partial charge in [-0.25, -0.2) is 43.8 Å². The lowest BCUT2D eigenvalue weighted by molar-refractivity contribution is -0.140. The molecule has 2 unspecified atom stereocenters. The molecule has 0 radical (unpaired) electrons. The zero-order valence-electron chi connectivity index (χ0n) is 42.3. The van der Waals surface area contributed by atoms with Crippen molar-refractivity contribution in [2.75, 3.05) is 78.8 Å². The number of hydrazine groups is 2. The Morgan fingerprint density at radius 2 is 1.01 bits per heavy atom. The molecule has 4 aliphatic rings. The highest BCUT2D eigenvalue weighted by molar-refractivity contribution is 6.67. The van der Waals surface area contributed by atoms with Crippen LogP contribution in [-0.4, -0.2) is 171 Å². The highest BCUT2D eigenvalue weighted by atomic mass is 35.5. The van der Waals surface area contributed by atoms with E-state index in [1.807, 2.05) is 24.3 Å². The van der Waals surface area contributed by atoms with Crippen molar-refractivity contribution in [1.82, 2.24) is 50.2 Å². The standard InChI is InChI=1S/C27H26FN5O6.C16H20FN3O4.C11H7ClN2O2/c28-20-8-6-19(7-9-20)16-24(34)32-17-22(39-27(36)31-12-14-37-15-13-31)18-33(32)25(35)23-10-11-29-26(30-23)38-21-4-2-1-3-5-21;17-13-3-1-12(2-4-13)9-15(21)20-11-14(10-18-20)24-16(22)19-5-7-23-8-6-19;12-10(15)9-6-7-13-11(14-9)16-8-4-2-1-3-5-8/h1-11,22H,12-18H2;1-4,14,18H,5-11H2;1-7H. The number of para-hydroxylation sites is 2. The average molecular weight is 1110 g/mol. The molecule has 2 aromatic heterocycles. The summed E-state index contributed by atoms with van der Waals surface area (Å²) in [6.45, 7) is 4.30. The summed E-state index contributed by atoms with van der Waals surface area (Å²) in [4.78, 5) is 93.8. The van der Waals surface area contributed by atoms with Crippen LogP contribution in [0.3, 0.4) is 0 Å². The Balaban J connectivity index is 0.000000174. The first-order valence-electron chi connectivity index (χ1n) is 24.9. The fraction of sp³-hybridized carbons (Fsp3) is 0.296. The normalized spacial score (nSPS) is 16.8. The number of hydrogen-bond acceptors (Lipinski definition) is 17. The number of benzene rings is 4. The fourth-order valence-electron chi connectivity index (χ4n) is 7.95. The lowest BCUT2D eigenvalue weighted by Crippen LogP contribution is -2.45. The molecule has 4 aromatic carbocycles. The number of ether oxygens (including phenoxy) is 6. The smallest absolute Gasteiger partial charge is 0.410 e. The van der Waals surface area contributed by atoms with Crippen molar-refractivity contribution in [2.45, 2.75) is 25.0 Å². The van der Waals surface area contributed by atoms with Gasteiger partial charge in [-0.2, -0.15) is 9.97 Å². The molecule has 6 aromatic rings. The van der Waals surface area contributed by atoms with Gasteiger partial charge >= 0.3 is 24.2 Å². The van der Waals surface area contributed by atoms with E-state index in [-0.39, 0.29) is 73.3 Å². The first kappa shape index (κ1) is 56.5. The van der Waals surface area contributed by atoms with Crippen molar-refractivity contribution in [1.29, 1.82) is 0 Å². The number of carbonyl (C=O) groups is 6. The zero-order valence-corrected chi connectivity index (χ0v) is 43.1. The van der Waals surface area contributed by atoms with Crippen LogP contribution in [0.25, 0.3) is 0 Å². The van der Waals surface area contributed by atoms with Gasteiger partial charge in [-0.15, -0.1) is 0 Å². The minimum Gasteiger partial charge on any atom is -0.443 e. The molecule has 79 heavy (non-hydrogen) atoms. The molecule has 0 aliphatic carbocycles. The molecule has 0 bridgehead atoms. The number of rotatable bonds is 12. The van der Waals surface area contributed by atoms with Gasteiger partial charge in [-0.05, 0) is 83.4 Å². The van der Waals surface area contributed by atoms with Gasteiger partial charge < -0.3 is 38.2 Å². The maximum absolute atomic E-state index is 13.6. The Hall–Kier alpha value is -8.71. The number of carbonyl (C=O) groups excluding carboxylic acids is 6. The van der Waals surface area contributed by atoms with E-state index in [9.17, 15) is 37.5 Å². The van der Waals surface area contributed by atoms with E-state index in [4.69, 9.17) is 40.0 Å². The molecule has 0 spiro atoms. The van der Waals surface area contributed by atoms with E-state index in [1.54, 1.807) is 53.4 Å². The number of morpholine rings is 2. The molecule has 4 aliphatic heterocycles. The Morgan fingerprint density at radius 3 is 1.52 bits per heavy atom. The van der Waals surface area contributed by atoms with Gasteiger partial charge in [0.2, 0.25) is 11.8 Å². The highest BCUT2D eigenvalue weighted by Crippen LogP contribution is 2.23. The summed E-state index contributed by atoms with van der Waals surface area (Å²) < 4.78 is 58.8. The molecule has 4 saturated heterocycles. The summed E-state index contributed by atoms with van der Waals surface area (Å²) in [5, 5.41) is 3.25. The molecule has 22 nitrogen and oxygen atoms in total. The van der Waals surface area contributed by atoms with Gasteiger partial charge in [0.25, 0.3) is 11.1 Å². The zero-order chi connectivity index (χ0) is 55.5. The van der Waals surface area contributed by atoms with Crippen LogP contribution in [0.4, 0.5) is 18.4 Å². The van der Waals surface area contributed by atoms with Crippen molar-refractivity contribution in [2.24, 2.45) is 0 Å². The van der Waals surface area contributed by atoms with Gasteiger partial charge in [-0.1, -0.05) is 60.7 Å².